The molecule has 0 saturated carbocycles. The predicted octanol–water partition coefficient (Wildman–Crippen LogP) is 6.92. The topological polar surface area (TPSA) is 0 Å². The van der Waals surface area contributed by atoms with E-state index < -0.39 is 0 Å². The summed E-state index contributed by atoms with van der Waals surface area (Å²) in [6.45, 7) is 2.25. The van der Waals surface area contributed by atoms with Crippen LogP contribution in [0.4, 0.5) is 0 Å². The summed E-state index contributed by atoms with van der Waals surface area (Å²) >= 11 is 16.0. The Morgan fingerprint density at radius 3 is 2.00 bits per heavy atom. The summed E-state index contributed by atoms with van der Waals surface area (Å²) in [4.78, 5) is 0. The minimum absolute atomic E-state index is 0.0748. The molecule has 0 aliphatic rings. The van der Waals surface area contributed by atoms with Gasteiger partial charge in [-0.3, -0.25) is 0 Å². The zero-order valence-electron chi connectivity index (χ0n) is 12.3. The van der Waals surface area contributed by atoms with Crippen molar-refractivity contribution >= 4 is 39.1 Å². The van der Waals surface area contributed by atoms with Gasteiger partial charge < -0.3 is 0 Å². The molecule has 0 saturated heterocycles. The molecule has 0 N–H and O–H groups in total. The molecular weight excluding hydrogens is 355 g/mol. The zero-order valence-corrected chi connectivity index (χ0v) is 15.4. The molecule has 1 aromatic carbocycles. The van der Waals surface area contributed by atoms with Gasteiger partial charge in [0.2, 0.25) is 0 Å². The first-order valence-corrected chi connectivity index (χ1v) is 9.42. The Hall–Kier alpha value is 0.280. The second kappa shape index (κ2) is 10.1. The number of benzene rings is 1. The molecule has 3 heteroatoms. The van der Waals surface area contributed by atoms with Gasteiger partial charge in [0.15, 0.2) is 0 Å². The van der Waals surface area contributed by atoms with Crippen LogP contribution in [0.3, 0.4) is 0 Å². The summed E-state index contributed by atoms with van der Waals surface area (Å²) in [6, 6.07) is 8.44. The third kappa shape index (κ3) is 5.58. The third-order valence-corrected chi connectivity index (χ3v) is 5.53. The fourth-order valence-corrected chi connectivity index (χ4v) is 3.64. The summed E-state index contributed by atoms with van der Waals surface area (Å²) < 4.78 is 1.10. The van der Waals surface area contributed by atoms with Gasteiger partial charge in [0, 0.05) is 21.6 Å². The van der Waals surface area contributed by atoms with Crippen molar-refractivity contribution < 1.29 is 0 Å². The lowest BCUT2D eigenvalue weighted by Gasteiger charge is -2.30. The molecular formula is C17H25BrCl2. The lowest BCUT2D eigenvalue weighted by molar-refractivity contribution is 0.452. The molecule has 0 nitrogen and oxygen atoms in total. The Balaban J connectivity index is 2.56. The molecule has 114 valence electrons. The van der Waals surface area contributed by atoms with E-state index in [-0.39, 0.29) is 5.41 Å². The number of hydrogen-bond donors (Lipinski definition) is 0. The van der Waals surface area contributed by atoms with Gasteiger partial charge in [0.05, 0.1) is 0 Å². The molecule has 1 aromatic rings. The van der Waals surface area contributed by atoms with Crippen molar-refractivity contribution in [1.29, 1.82) is 0 Å². The van der Waals surface area contributed by atoms with E-state index in [0.29, 0.717) is 11.8 Å². The zero-order chi connectivity index (χ0) is 14.8. The first-order chi connectivity index (χ1) is 9.68. The number of hydrogen-bond acceptors (Lipinski definition) is 0. The monoisotopic (exact) mass is 378 g/mol. The van der Waals surface area contributed by atoms with Crippen LogP contribution in [0, 0.1) is 0 Å². The molecule has 0 aromatic heterocycles. The van der Waals surface area contributed by atoms with Gasteiger partial charge in [-0.15, -0.1) is 23.2 Å². The molecule has 0 heterocycles. The van der Waals surface area contributed by atoms with Crippen LogP contribution in [-0.2, 0) is 5.41 Å². The maximum absolute atomic E-state index is 6.27. The molecule has 0 amide bonds. The molecule has 1 rings (SSSR count). The number of rotatable bonds is 10. The van der Waals surface area contributed by atoms with Crippen molar-refractivity contribution in [3.05, 3.63) is 34.3 Å². The van der Waals surface area contributed by atoms with Crippen LogP contribution >= 0.6 is 39.1 Å². The lowest BCUT2D eigenvalue weighted by Crippen LogP contribution is -2.30. The predicted molar refractivity (Wildman–Crippen MR) is 95.3 cm³/mol. The average Bonchev–Trinajstić information content (AvgIpc) is 2.48. The van der Waals surface area contributed by atoms with Crippen LogP contribution in [0.5, 0.6) is 0 Å². The summed E-state index contributed by atoms with van der Waals surface area (Å²) in [5, 5.41) is 0. The molecule has 0 fully saturated rings. The van der Waals surface area contributed by atoms with Crippen molar-refractivity contribution in [2.45, 2.75) is 57.3 Å². The quantitative estimate of drug-likeness (QED) is 0.305. The van der Waals surface area contributed by atoms with Gasteiger partial charge in [-0.2, -0.15) is 0 Å². The van der Waals surface area contributed by atoms with Gasteiger partial charge >= 0.3 is 0 Å². The molecule has 0 bridgehead atoms. The molecule has 0 unspecified atom stereocenters. The summed E-state index contributed by atoms with van der Waals surface area (Å²) in [6.07, 6.45) is 8.90. The van der Waals surface area contributed by atoms with E-state index in [2.05, 4.69) is 47.1 Å². The maximum atomic E-state index is 6.27. The van der Waals surface area contributed by atoms with Crippen molar-refractivity contribution in [2.24, 2.45) is 0 Å². The second-order valence-electron chi connectivity index (χ2n) is 5.57. The number of halogens is 3. The first-order valence-electron chi connectivity index (χ1n) is 7.56. The smallest absolute Gasteiger partial charge is 0.0332 e. The third-order valence-electron chi connectivity index (χ3n) is 3.98. The van der Waals surface area contributed by atoms with Gasteiger partial charge in [0.25, 0.3) is 0 Å². The molecule has 20 heavy (non-hydrogen) atoms. The summed E-state index contributed by atoms with van der Waals surface area (Å²) in [5.41, 5.74) is 1.19. The van der Waals surface area contributed by atoms with Crippen LogP contribution in [0.2, 0.25) is 0 Å². The number of unbranched alkanes of at least 4 members (excludes halogenated alkanes) is 5. The van der Waals surface area contributed by atoms with E-state index in [1.165, 1.54) is 44.1 Å². The summed E-state index contributed by atoms with van der Waals surface area (Å²) in [7, 11) is 0. The maximum Gasteiger partial charge on any atom is 0.0332 e. The van der Waals surface area contributed by atoms with Crippen LogP contribution in [0.15, 0.2) is 28.7 Å². The Kier molecular flexibility index (Phi) is 9.24. The first kappa shape index (κ1) is 18.3. The SMILES string of the molecule is CCCCCCCCC(CCl)(CCl)c1ccc(Br)cc1. The van der Waals surface area contributed by atoms with Gasteiger partial charge in [-0.1, -0.05) is 73.5 Å². The van der Waals surface area contributed by atoms with E-state index >= 15 is 0 Å². The number of alkyl halides is 2. The van der Waals surface area contributed by atoms with Crippen molar-refractivity contribution in [3.8, 4) is 0 Å². The molecule has 0 aliphatic heterocycles. The highest BCUT2D eigenvalue weighted by Gasteiger charge is 2.29. The summed E-state index contributed by atoms with van der Waals surface area (Å²) in [5.74, 6) is 1.18. The molecule has 0 aliphatic carbocycles. The average molecular weight is 380 g/mol. The Morgan fingerprint density at radius 2 is 1.45 bits per heavy atom. The molecule has 0 spiro atoms. The van der Waals surface area contributed by atoms with Crippen LogP contribution in [0.1, 0.15) is 57.4 Å². The highest BCUT2D eigenvalue weighted by atomic mass is 79.9. The Morgan fingerprint density at radius 1 is 0.900 bits per heavy atom. The van der Waals surface area contributed by atoms with Crippen molar-refractivity contribution in [1.82, 2.24) is 0 Å². The fraction of sp³-hybridized carbons (Fsp3) is 0.647. The minimum atomic E-state index is -0.0748. The van der Waals surface area contributed by atoms with Crippen LogP contribution < -0.4 is 0 Å². The molecule has 0 radical (unpaired) electrons. The largest absolute Gasteiger partial charge is 0.126 e. The normalized spacial score (nSPS) is 11.8. The van der Waals surface area contributed by atoms with Crippen molar-refractivity contribution in [2.75, 3.05) is 11.8 Å². The van der Waals surface area contributed by atoms with E-state index in [4.69, 9.17) is 23.2 Å². The Bertz CT molecular complexity index is 358. The van der Waals surface area contributed by atoms with E-state index in [1.54, 1.807) is 0 Å². The van der Waals surface area contributed by atoms with E-state index in [0.717, 1.165) is 10.9 Å². The fourth-order valence-electron chi connectivity index (χ4n) is 2.52. The van der Waals surface area contributed by atoms with Crippen molar-refractivity contribution in [3.63, 3.8) is 0 Å². The van der Waals surface area contributed by atoms with Gasteiger partial charge in [0.1, 0.15) is 0 Å². The van der Waals surface area contributed by atoms with E-state index in [1.807, 2.05) is 0 Å². The van der Waals surface area contributed by atoms with Gasteiger partial charge in [-0.25, -0.2) is 0 Å². The highest BCUT2D eigenvalue weighted by Crippen LogP contribution is 2.34. The minimum Gasteiger partial charge on any atom is -0.126 e. The van der Waals surface area contributed by atoms with Crippen LogP contribution in [0.25, 0.3) is 0 Å². The van der Waals surface area contributed by atoms with E-state index in [9.17, 15) is 0 Å². The highest BCUT2D eigenvalue weighted by molar-refractivity contribution is 9.10. The van der Waals surface area contributed by atoms with Crippen LogP contribution in [-0.4, -0.2) is 11.8 Å². The van der Waals surface area contributed by atoms with Gasteiger partial charge in [-0.05, 0) is 24.1 Å². The standard InChI is InChI=1S/C17H25BrCl2/c1-2-3-4-5-6-7-12-17(13-19,14-20)15-8-10-16(18)11-9-15/h8-11H,2-7,12-14H2,1H3. The Labute approximate surface area is 142 Å². The second-order valence-corrected chi connectivity index (χ2v) is 7.02. The molecule has 0 atom stereocenters. The lowest BCUT2D eigenvalue weighted by atomic mass is 9.79.